The third-order valence-corrected chi connectivity index (χ3v) is 3.38. The molecule has 0 saturated carbocycles. The van der Waals surface area contributed by atoms with E-state index in [4.69, 9.17) is 0 Å². The van der Waals surface area contributed by atoms with Crippen molar-refractivity contribution in [2.45, 2.75) is 38.8 Å². The van der Waals surface area contributed by atoms with Crippen LogP contribution in [0.4, 0.5) is 0 Å². The maximum atomic E-state index is 12.4. The number of nitrogens with zero attached hydrogens (tertiary/aromatic N) is 2. The van der Waals surface area contributed by atoms with Gasteiger partial charge in [0.2, 0.25) is 5.91 Å². The maximum Gasteiger partial charge on any atom is 0.240 e. The zero-order valence-electron chi connectivity index (χ0n) is 10.9. The first kappa shape index (κ1) is 13.0. The summed E-state index contributed by atoms with van der Waals surface area (Å²) in [5.74, 6) is 0.211. The quantitative estimate of drug-likeness (QED) is 0.878. The highest BCUT2D eigenvalue weighted by atomic mass is 16.2. The van der Waals surface area contributed by atoms with Crippen molar-refractivity contribution >= 4 is 5.91 Å². The van der Waals surface area contributed by atoms with E-state index in [1.165, 1.54) is 6.42 Å². The second-order valence-electron chi connectivity index (χ2n) is 4.68. The zero-order valence-corrected chi connectivity index (χ0v) is 10.9. The summed E-state index contributed by atoms with van der Waals surface area (Å²) in [5, 5.41) is 3.31. The molecule has 0 aliphatic carbocycles. The van der Waals surface area contributed by atoms with E-state index in [0.29, 0.717) is 6.54 Å². The molecular formula is C14H21N3O. The van der Waals surface area contributed by atoms with Crippen LogP contribution in [0.1, 0.15) is 31.9 Å². The number of nitrogens with one attached hydrogen (secondary N) is 1. The van der Waals surface area contributed by atoms with Crippen LogP contribution < -0.4 is 5.32 Å². The van der Waals surface area contributed by atoms with Crippen LogP contribution >= 0.6 is 0 Å². The summed E-state index contributed by atoms with van der Waals surface area (Å²) in [6.45, 7) is 4.31. The van der Waals surface area contributed by atoms with Gasteiger partial charge >= 0.3 is 0 Å². The maximum absolute atomic E-state index is 12.4. The lowest BCUT2D eigenvalue weighted by atomic mass is 10.0. The second-order valence-corrected chi connectivity index (χ2v) is 4.68. The van der Waals surface area contributed by atoms with Crippen molar-refractivity contribution in [1.82, 2.24) is 15.2 Å². The lowest BCUT2D eigenvalue weighted by Gasteiger charge is -2.29. The number of piperidine rings is 1. The molecule has 0 bridgehead atoms. The third kappa shape index (κ3) is 3.29. The molecule has 1 atom stereocenters. The Morgan fingerprint density at radius 3 is 3.00 bits per heavy atom. The minimum absolute atomic E-state index is 0.00223. The number of likely N-dealkylation sites (N-methyl/N-ethyl adjacent to an activating group) is 1. The summed E-state index contributed by atoms with van der Waals surface area (Å²) in [7, 11) is 0. The molecule has 18 heavy (non-hydrogen) atoms. The molecule has 2 heterocycles. The van der Waals surface area contributed by atoms with Gasteiger partial charge in [0.05, 0.1) is 18.3 Å². The first-order valence-electron chi connectivity index (χ1n) is 6.73. The van der Waals surface area contributed by atoms with E-state index in [-0.39, 0.29) is 11.9 Å². The summed E-state index contributed by atoms with van der Waals surface area (Å²) in [5.41, 5.74) is 0.948. The lowest BCUT2D eigenvalue weighted by molar-refractivity contribution is -0.134. The number of rotatable bonds is 4. The molecule has 1 saturated heterocycles. The van der Waals surface area contributed by atoms with Gasteiger partial charge in [-0.05, 0) is 38.4 Å². The first-order chi connectivity index (χ1) is 8.81. The van der Waals surface area contributed by atoms with Crippen molar-refractivity contribution in [2.75, 3.05) is 13.1 Å². The van der Waals surface area contributed by atoms with Crippen molar-refractivity contribution in [3.8, 4) is 0 Å². The highest BCUT2D eigenvalue weighted by Crippen LogP contribution is 2.11. The van der Waals surface area contributed by atoms with Gasteiger partial charge in [0.15, 0.2) is 0 Å². The summed E-state index contributed by atoms with van der Waals surface area (Å²) in [6, 6.07) is 5.82. The van der Waals surface area contributed by atoms with Gasteiger partial charge in [0.1, 0.15) is 0 Å². The van der Waals surface area contributed by atoms with E-state index in [2.05, 4.69) is 10.3 Å². The van der Waals surface area contributed by atoms with Crippen molar-refractivity contribution in [3.63, 3.8) is 0 Å². The van der Waals surface area contributed by atoms with E-state index in [1.54, 1.807) is 6.20 Å². The van der Waals surface area contributed by atoms with Gasteiger partial charge < -0.3 is 10.2 Å². The van der Waals surface area contributed by atoms with E-state index in [9.17, 15) is 4.79 Å². The van der Waals surface area contributed by atoms with Gasteiger partial charge in [-0.25, -0.2) is 0 Å². The topological polar surface area (TPSA) is 45.2 Å². The van der Waals surface area contributed by atoms with Gasteiger partial charge in [-0.3, -0.25) is 9.78 Å². The number of amides is 1. The van der Waals surface area contributed by atoms with Crippen LogP contribution in [-0.4, -0.2) is 34.9 Å². The highest BCUT2D eigenvalue weighted by molar-refractivity contribution is 5.81. The zero-order chi connectivity index (χ0) is 12.8. The Hall–Kier alpha value is -1.42. The van der Waals surface area contributed by atoms with Crippen LogP contribution in [0.3, 0.4) is 0 Å². The van der Waals surface area contributed by atoms with Crippen molar-refractivity contribution in [2.24, 2.45) is 0 Å². The molecule has 1 amide bonds. The molecule has 2 rings (SSSR count). The second kappa shape index (κ2) is 6.50. The first-order valence-corrected chi connectivity index (χ1v) is 6.73. The largest absolute Gasteiger partial charge is 0.336 e. The SMILES string of the molecule is CCN(Cc1ccccn1)C(=O)[C@@H]1CCCCN1. The van der Waals surface area contributed by atoms with Crippen molar-refractivity contribution in [3.05, 3.63) is 30.1 Å². The lowest BCUT2D eigenvalue weighted by Crippen LogP contribution is -2.48. The highest BCUT2D eigenvalue weighted by Gasteiger charge is 2.24. The standard InChI is InChI=1S/C14H21N3O/c1-2-17(11-12-7-3-5-9-15-12)14(18)13-8-4-6-10-16-13/h3,5,7,9,13,16H,2,4,6,8,10-11H2,1H3/t13-/m0/s1. The molecule has 4 heteroatoms. The fraction of sp³-hybridized carbons (Fsp3) is 0.571. The van der Waals surface area contributed by atoms with Crippen LogP contribution in [0, 0.1) is 0 Å². The number of carbonyl (C=O) groups is 1. The molecule has 1 aliphatic heterocycles. The van der Waals surface area contributed by atoms with E-state index in [0.717, 1.165) is 31.6 Å². The fourth-order valence-corrected chi connectivity index (χ4v) is 2.32. The minimum atomic E-state index is 0.00223. The summed E-state index contributed by atoms with van der Waals surface area (Å²) < 4.78 is 0. The number of carbonyl (C=O) groups excluding carboxylic acids is 1. The van der Waals surface area contributed by atoms with Crippen LogP contribution in [-0.2, 0) is 11.3 Å². The average molecular weight is 247 g/mol. The molecule has 4 nitrogen and oxygen atoms in total. The summed E-state index contributed by atoms with van der Waals surface area (Å²) in [4.78, 5) is 18.5. The van der Waals surface area contributed by atoms with Crippen LogP contribution in [0.25, 0.3) is 0 Å². The van der Waals surface area contributed by atoms with Crippen molar-refractivity contribution < 1.29 is 4.79 Å². The van der Waals surface area contributed by atoms with Gasteiger partial charge in [0.25, 0.3) is 0 Å². The number of pyridine rings is 1. The minimum Gasteiger partial charge on any atom is -0.336 e. The van der Waals surface area contributed by atoms with E-state index in [1.807, 2.05) is 30.0 Å². The number of aromatic nitrogens is 1. The number of hydrogen-bond acceptors (Lipinski definition) is 3. The third-order valence-electron chi connectivity index (χ3n) is 3.38. The molecule has 0 aromatic carbocycles. The molecule has 1 aromatic rings. The summed E-state index contributed by atoms with van der Waals surface area (Å²) in [6.07, 6.45) is 5.05. The normalized spacial score (nSPS) is 19.5. The molecule has 1 aromatic heterocycles. The Morgan fingerprint density at radius 1 is 1.50 bits per heavy atom. The fourth-order valence-electron chi connectivity index (χ4n) is 2.32. The monoisotopic (exact) mass is 247 g/mol. The van der Waals surface area contributed by atoms with Crippen LogP contribution in [0.2, 0.25) is 0 Å². The molecule has 0 radical (unpaired) electrons. The average Bonchev–Trinajstić information content (AvgIpc) is 2.46. The van der Waals surface area contributed by atoms with Gasteiger partial charge in [-0.15, -0.1) is 0 Å². The Balaban J connectivity index is 1.97. The van der Waals surface area contributed by atoms with E-state index >= 15 is 0 Å². The predicted octanol–water partition coefficient (Wildman–Crippen LogP) is 1.57. The smallest absolute Gasteiger partial charge is 0.240 e. The molecule has 0 spiro atoms. The molecule has 1 fully saturated rings. The molecule has 1 aliphatic rings. The molecule has 0 unspecified atom stereocenters. The Labute approximate surface area is 108 Å². The van der Waals surface area contributed by atoms with Crippen LogP contribution in [0.15, 0.2) is 24.4 Å². The Morgan fingerprint density at radius 2 is 2.39 bits per heavy atom. The van der Waals surface area contributed by atoms with Gasteiger partial charge in [-0.2, -0.15) is 0 Å². The van der Waals surface area contributed by atoms with Crippen LogP contribution in [0.5, 0.6) is 0 Å². The molecule has 1 N–H and O–H groups in total. The van der Waals surface area contributed by atoms with Gasteiger partial charge in [0, 0.05) is 12.7 Å². The van der Waals surface area contributed by atoms with Crippen molar-refractivity contribution in [1.29, 1.82) is 0 Å². The van der Waals surface area contributed by atoms with E-state index < -0.39 is 0 Å². The Kier molecular flexibility index (Phi) is 4.70. The Bertz CT molecular complexity index is 374. The number of hydrogen-bond donors (Lipinski definition) is 1. The summed E-state index contributed by atoms with van der Waals surface area (Å²) >= 11 is 0. The molecule has 98 valence electrons. The molecular weight excluding hydrogens is 226 g/mol. The predicted molar refractivity (Wildman–Crippen MR) is 71.0 cm³/mol. The van der Waals surface area contributed by atoms with Gasteiger partial charge in [-0.1, -0.05) is 12.5 Å².